The minimum absolute atomic E-state index is 0.304. The quantitative estimate of drug-likeness (QED) is 0.822. The molecule has 0 amide bonds. The standard InChI is InChI=1S/C15H28N4/c1-7-8-16-13-9-14(19-12(3)18-13)17-10-11(2)15(4,5)6/h9,11H,7-8,10H2,1-6H3,(H2,16,17,18,19). The predicted molar refractivity (Wildman–Crippen MR) is 82.7 cm³/mol. The first-order chi connectivity index (χ1) is 8.82. The fourth-order valence-electron chi connectivity index (χ4n) is 1.57. The van der Waals surface area contributed by atoms with Gasteiger partial charge in [0.15, 0.2) is 0 Å². The Morgan fingerprint density at radius 3 is 2.26 bits per heavy atom. The first-order valence-electron chi connectivity index (χ1n) is 7.16. The van der Waals surface area contributed by atoms with Gasteiger partial charge in [0.1, 0.15) is 17.5 Å². The zero-order valence-electron chi connectivity index (χ0n) is 13.2. The van der Waals surface area contributed by atoms with E-state index < -0.39 is 0 Å². The lowest BCUT2D eigenvalue weighted by molar-refractivity contribution is 0.274. The molecule has 0 fully saturated rings. The summed E-state index contributed by atoms with van der Waals surface area (Å²) >= 11 is 0. The smallest absolute Gasteiger partial charge is 0.131 e. The summed E-state index contributed by atoms with van der Waals surface area (Å²) in [7, 11) is 0. The summed E-state index contributed by atoms with van der Waals surface area (Å²) in [5.74, 6) is 3.18. The van der Waals surface area contributed by atoms with Crippen molar-refractivity contribution in [3.63, 3.8) is 0 Å². The Bertz CT molecular complexity index is 396. The Balaban J connectivity index is 2.65. The molecule has 0 radical (unpaired) electrons. The van der Waals surface area contributed by atoms with Gasteiger partial charge >= 0.3 is 0 Å². The van der Waals surface area contributed by atoms with E-state index in [2.05, 4.69) is 55.2 Å². The molecule has 19 heavy (non-hydrogen) atoms. The summed E-state index contributed by atoms with van der Waals surface area (Å²) in [6.07, 6.45) is 1.09. The molecule has 2 N–H and O–H groups in total. The molecule has 1 aromatic heterocycles. The minimum atomic E-state index is 0.304. The molecular weight excluding hydrogens is 236 g/mol. The highest BCUT2D eigenvalue weighted by molar-refractivity contribution is 5.47. The lowest BCUT2D eigenvalue weighted by Gasteiger charge is -2.27. The van der Waals surface area contributed by atoms with Crippen LogP contribution < -0.4 is 10.6 Å². The largest absolute Gasteiger partial charge is 0.370 e. The highest BCUT2D eigenvalue weighted by Crippen LogP contribution is 2.25. The van der Waals surface area contributed by atoms with Crippen LogP contribution in [0.15, 0.2) is 6.07 Å². The number of hydrogen-bond acceptors (Lipinski definition) is 4. The summed E-state index contributed by atoms with van der Waals surface area (Å²) in [4.78, 5) is 8.82. The molecule has 0 saturated heterocycles. The van der Waals surface area contributed by atoms with Crippen LogP contribution in [0.5, 0.6) is 0 Å². The third-order valence-corrected chi connectivity index (χ3v) is 3.46. The summed E-state index contributed by atoms with van der Waals surface area (Å²) in [6.45, 7) is 15.0. The normalized spacial score (nSPS) is 13.2. The van der Waals surface area contributed by atoms with Gasteiger partial charge in [-0.1, -0.05) is 34.6 Å². The third-order valence-electron chi connectivity index (χ3n) is 3.46. The van der Waals surface area contributed by atoms with Crippen LogP contribution in [0.2, 0.25) is 0 Å². The van der Waals surface area contributed by atoms with Gasteiger partial charge in [-0.25, -0.2) is 9.97 Å². The van der Waals surface area contributed by atoms with Gasteiger partial charge in [0.2, 0.25) is 0 Å². The van der Waals surface area contributed by atoms with Gasteiger partial charge in [-0.3, -0.25) is 0 Å². The Labute approximate surface area is 117 Å². The number of anilines is 2. The molecule has 4 heteroatoms. The molecule has 1 atom stereocenters. The number of aromatic nitrogens is 2. The molecule has 0 bridgehead atoms. The monoisotopic (exact) mass is 264 g/mol. The molecule has 0 aliphatic heterocycles. The molecule has 0 aromatic carbocycles. The van der Waals surface area contributed by atoms with E-state index in [-0.39, 0.29) is 0 Å². The van der Waals surface area contributed by atoms with Crippen LogP contribution in [-0.2, 0) is 0 Å². The van der Waals surface area contributed by atoms with Crippen molar-refractivity contribution < 1.29 is 0 Å². The zero-order valence-corrected chi connectivity index (χ0v) is 13.2. The average Bonchev–Trinajstić information content (AvgIpc) is 2.31. The fourth-order valence-corrected chi connectivity index (χ4v) is 1.57. The number of hydrogen-bond donors (Lipinski definition) is 2. The van der Waals surface area contributed by atoms with Crippen LogP contribution in [0.4, 0.5) is 11.6 Å². The lowest BCUT2D eigenvalue weighted by atomic mass is 9.82. The van der Waals surface area contributed by atoms with Crippen molar-refractivity contribution in [1.29, 1.82) is 0 Å². The number of nitrogens with zero attached hydrogens (tertiary/aromatic N) is 2. The van der Waals surface area contributed by atoms with E-state index in [4.69, 9.17) is 0 Å². The minimum Gasteiger partial charge on any atom is -0.370 e. The first-order valence-corrected chi connectivity index (χ1v) is 7.16. The first kappa shape index (κ1) is 15.7. The molecule has 1 rings (SSSR count). The topological polar surface area (TPSA) is 49.8 Å². The van der Waals surface area contributed by atoms with Crippen molar-refractivity contribution in [3.8, 4) is 0 Å². The molecule has 0 aliphatic rings. The van der Waals surface area contributed by atoms with Crippen LogP contribution in [0.25, 0.3) is 0 Å². The van der Waals surface area contributed by atoms with Crippen molar-refractivity contribution in [1.82, 2.24) is 9.97 Å². The highest BCUT2D eigenvalue weighted by Gasteiger charge is 2.19. The molecule has 1 aromatic rings. The van der Waals surface area contributed by atoms with E-state index >= 15 is 0 Å². The highest BCUT2D eigenvalue weighted by atomic mass is 15.1. The molecule has 0 spiro atoms. The van der Waals surface area contributed by atoms with Crippen molar-refractivity contribution in [2.45, 2.75) is 48.0 Å². The Morgan fingerprint density at radius 2 is 1.74 bits per heavy atom. The number of rotatable bonds is 6. The molecule has 4 nitrogen and oxygen atoms in total. The second-order valence-corrected chi connectivity index (χ2v) is 6.26. The predicted octanol–water partition coefficient (Wildman–Crippen LogP) is 3.70. The molecule has 1 unspecified atom stereocenters. The van der Waals surface area contributed by atoms with Crippen molar-refractivity contribution >= 4 is 11.6 Å². The van der Waals surface area contributed by atoms with Crippen LogP contribution >= 0.6 is 0 Å². The zero-order chi connectivity index (χ0) is 14.5. The molecular formula is C15H28N4. The molecule has 1 heterocycles. The second kappa shape index (κ2) is 6.73. The fraction of sp³-hybridized carbons (Fsp3) is 0.733. The van der Waals surface area contributed by atoms with Gasteiger partial charge in [-0.2, -0.15) is 0 Å². The summed E-state index contributed by atoms with van der Waals surface area (Å²) in [5.41, 5.74) is 0.304. The SMILES string of the molecule is CCCNc1cc(NCC(C)C(C)(C)C)nc(C)n1. The van der Waals surface area contributed by atoms with E-state index in [9.17, 15) is 0 Å². The van der Waals surface area contributed by atoms with Crippen molar-refractivity contribution in [3.05, 3.63) is 11.9 Å². The maximum absolute atomic E-state index is 4.43. The molecule has 108 valence electrons. The van der Waals surface area contributed by atoms with Crippen LogP contribution in [0.1, 0.15) is 46.9 Å². The maximum Gasteiger partial charge on any atom is 0.131 e. The number of nitrogens with one attached hydrogen (secondary N) is 2. The van der Waals surface area contributed by atoms with Crippen molar-refractivity contribution in [2.24, 2.45) is 11.3 Å². The van der Waals surface area contributed by atoms with Crippen LogP contribution in [-0.4, -0.2) is 23.1 Å². The summed E-state index contributed by atoms with van der Waals surface area (Å²) < 4.78 is 0. The average molecular weight is 264 g/mol. The van der Waals surface area contributed by atoms with E-state index in [1.165, 1.54) is 0 Å². The Morgan fingerprint density at radius 1 is 1.16 bits per heavy atom. The van der Waals surface area contributed by atoms with Gasteiger partial charge in [0.25, 0.3) is 0 Å². The van der Waals surface area contributed by atoms with Gasteiger partial charge in [0.05, 0.1) is 0 Å². The number of aryl methyl sites for hydroxylation is 1. The van der Waals surface area contributed by atoms with Gasteiger partial charge in [-0.05, 0) is 24.7 Å². The Kier molecular flexibility index (Phi) is 5.58. The third kappa shape index (κ3) is 5.45. The van der Waals surface area contributed by atoms with Gasteiger partial charge < -0.3 is 10.6 Å². The summed E-state index contributed by atoms with van der Waals surface area (Å²) in [5, 5.41) is 6.72. The second-order valence-electron chi connectivity index (χ2n) is 6.26. The summed E-state index contributed by atoms with van der Waals surface area (Å²) in [6, 6.07) is 1.98. The van der Waals surface area contributed by atoms with Gasteiger partial charge in [-0.15, -0.1) is 0 Å². The van der Waals surface area contributed by atoms with Crippen LogP contribution in [0.3, 0.4) is 0 Å². The lowest BCUT2D eigenvalue weighted by Crippen LogP contribution is -2.25. The molecule has 0 aliphatic carbocycles. The van der Waals surface area contributed by atoms with E-state index in [0.29, 0.717) is 11.3 Å². The Hall–Kier alpha value is -1.32. The van der Waals surface area contributed by atoms with E-state index in [1.54, 1.807) is 0 Å². The van der Waals surface area contributed by atoms with Gasteiger partial charge in [0, 0.05) is 19.2 Å². The van der Waals surface area contributed by atoms with Crippen molar-refractivity contribution in [2.75, 3.05) is 23.7 Å². The van der Waals surface area contributed by atoms with E-state index in [0.717, 1.165) is 37.0 Å². The molecule has 0 saturated carbocycles. The maximum atomic E-state index is 4.43. The van der Waals surface area contributed by atoms with Crippen LogP contribution in [0, 0.1) is 18.3 Å². The van der Waals surface area contributed by atoms with E-state index in [1.807, 2.05) is 13.0 Å².